The molecule has 1 aliphatic heterocycles. The SMILES string of the molecule is Cc1cc(NCc2cccc(C(=O)N[C@H]3Cc4cccc(C(=O)O)c4OB3O)c2)no1. The van der Waals surface area contributed by atoms with Crippen molar-refractivity contribution in [3.63, 3.8) is 0 Å². The maximum atomic E-state index is 12.8. The van der Waals surface area contributed by atoms with E-state index in [1.54, 1.807) is 43.3 Å². The van der Waals surface area contributed by atoms with Crippen molar-refractivity contribution in [2.45, 2.75) is 25.8 Å². The first-order valence-electron chi connectivity index (χ1n) is 9.67. The highest BCUT2D eigenvalue weighted by molar-refractivity contribution is 6.47. The van der Waals surface area contributed by atoms with Gasteiger partial charge in [-0.25, -0.2) is 4.79 Å². The number of anilines is 1. The van der Waals surface area contributed by atoms with Crippen molar-refractivity contribution < 1.29 is 28.9 Å². The molecule has 0 spiro atoms. The molecule has 0 bridgehead atoms. The predicted octanol–water partition coefficient (Wildman–Crippen LogP) is 2.05. The van der Waals surface area contributed by atoms with Gasteiger partial charge in [0.25, 0.3) is 5.91 Å². The van der Waals surface area contributed by atoms with Crippen molar-refractivity contribution in [1.82, 2.24) is 10.5 Å². The number of carboxylic acids is 1. The molecule has 10 heteroatoms. The van der Waals surface area contributed by atoms with Crippen LogP contribution >= 0.6 is 0 Å². The van der Waals surface area contributed by atoms with E-state index < -0.39 is 19.0 Å². The van der Waals surface area contributed by atoms with Gasteiger partial charge in [-0.3, -0.25) is 4.79 Å². The highest BCUT2D eigenvalue weighted by atomic mass is 16.5. The first-order chi connectivity index (χ1) is 14.9. The van der Waals surface area contributed by atoms with Crippen LogP contribution in [0.3, 0.4) is 0 Å². The minimum atomic E-state index is -1.36. The van der Waals surface area contributed by atoms with Crippen molar-refractivity contribution in [3.8, 4) is 5.75 Å². The Labute approximate surface area is 178 Å². The van der Waals surface area contributed by atoms with Crippen molar-refractivity contribution in [1.29, 1.82) is 0 Å². The van der Waals surface area contributed by atoms with E-state index in [1.807, 2.05) is 6.07 Å². The Bertz CT molecular complexity index is 1130. The molecular weight excluding hydrogens is 401 g/mol. The normalized spacial score (nSPS) is 15.0. The number of nitrogens with one attached hydrogen (secondary N) is 2. The number of aromatic nitrogens is 1. The van der Waals surface area contributed by atoms with E-state index in [-0.39, 0.29) is 23.6 Å². The fraction of sp³-hybridized carbons (Fsp3) is 0.190. The van der Waals surface area contributed by atoms with Crippen LogP contribution in [0.15, 0.2) is 53.1 Å². The lowest BCUT2D eigenvalue weighted by molar-refractivity contribution is 0.0693. The summed E-state index contributed by atoms with van der Waals surface area (Å²) in [5, 5.41) is 29.4. The highest BCUT2D eigenvalue weighted by Crippen LogP contribution is 2.30. The van der Waals surface area contributed by atoms with Gasteiger partial charge in [0, 0.05) is 18.2 Å². The zero-order valence-corrected chi connectivity index (χ0v) is 16.7. The third-order valence-electron chi connectivity index (χ3n) is 4.96. The van der Waals surface area contributed by atoms with E-state index in [9.17, 15) is 19.7 Å². The molecule has 0 saturated carbocycles. The lowest BCUT2D eigenvalue weighted by Crippen LogP contribution is -2.53. The van der Waals surface area contributed by atoms with Gasteiger partial charge in [0.15, 0.2) is 5.82 Å². The molecule has 0 unspecified atom stereocenters. The van der Waals surface area contributed by atoms with Crippen LogP contribution in [0.4, 0.5) is 5.82 Å². The number of carbonyl (C=O) groups is 2. The summed E-state index contributed by atoms with van der Waals surface area (Å²) < 4.78 is 10.4. The second-order valence-corrected chi connectivity index (χ2v) is 7.27. The molecule has 9 nitrogen and oxygen atoms in total. The molecule has 0 saturated heterocycles. The second-order valence-electron chi connectivity index (χ2n) is 7.27. The van der Waals surface area contributed by atoms with Gasteiger partial charge in [-0.1, -0.05) is 29.4 Å². The summed E-state index contributed by atoms with van der Waals surface area (Å²) in [6, 6.07) is 13.6. The lowest BCUT2D eigenvalue weighted by Gasteiger charge is -2.28. The molecule has 3 aromatic rings. The first kappa shape index (κ1) is 20.5. The Hall–Kier alpha value is -3.79. The van der Waals surface area contributed by atoms with Crippen LogP contribution in [-0.2, 0) is 13.0 Å². The predicted molar refractivity (Wildman–Crippen MR) is 112 cm³/mol. The standard InChI is InChI=1S/C21H20BN3O6/c1-12-8-18(25-31-12)23-11-13-4-2-6-15(9-13)20(26)24-17-10-14-5-3-7-16(21(27)28)19(14)30-22(17)29/h2-9,17,29H,10-11H2,1H3,(H,23,25)(H,24,26)(H,27,28)/t17-/m0/s1. The van der Waals surface area contributed by atoms with Crippen LogP contribution in [0.25, 0.3) is 0 Å². The van der Waals surface area contributed by atoms with Crippen LogP contribution in [0.5, 0.6) is 5.75 Å². The molecule has 1 aromatic heterocycles. The molecule has 0 fully saturated rings. The Morgan fingerprint density at radius 1 is 1.23 bits per heavy atom. The van der Waals surface area contributed by atoms with Gasteiger partial charge in [0.2, 0.25) is 0 Å². The number of nitrogens with zero attached hydrogens (tertiary/aromatic N) is 1. The number of aryl methyl sites for hydroxylation is 1. The molecule has 1 atom stereocenters. The summed E-state index contributed by atoms with van der Waals surface area (Å²) >= 11 is 0. The minimum absolute atomic E-state index is 0.0242. The van der Waals surface area contributed by atoms with Gasteiger partial charge < -0.3 is 29.9 Å². The smallest absolute Gasteiger partial charge is 0.534 e. The van der Waals surface area contributed by atoms with Gasteiger partial charge in [-0.15, -0.1) is 0 Å². The summed E-state index contributed by atoms with van der Waals surface area (Å²) in [4.78, 5) is 24.1. The number of benzene rings is 2. The molecule has 31 heavy (non-hydrogen) atoms. The van der Waals surface area contributed by atoms with Gasteiger partial charge in [0.05, 0.1) is 11.5 Å². The number of carboxylic acid groups (broad SMARTS) is 1. The number of hydrogen-bond acceptors (Lipinski definition) is 7. The highest BCUT2D eigenvalue weighted by Gasteiger charge is 2.37. The number of hydrogen-bond donors (Lipinski definition) is 4. The quantitative estimate of drug-likeness (QED) is 0.445. The number of amides is 1. The van der Waals surface area contributed by atoms with Crippen molar-refractivity contribution in [2.75, 3.05) is 5.32 Å². The fourth-order valence-corrected chi connectivity index (χ4v) is 3.43. The number of fused-ring (bicyclic) bond motifs is 1. The Balaban J connectivity index is 1.43. The van der Waals surface area contributed by atoms with Gasteiger partial charge >= 0.3 is 13.1 Å². The van der Waals surface area contributed by atoms with Crippen LogP contribution in [0.1, 0.15) is 37.6 Å². The van der Waals surface area contributed by atoms with Crippen molar-refractivity contribution in [2.24, 2.45) is 0 Å². The summed E-state index contributed by atoms with van der Waals surface area (Å²) in [6.45, 7) is 2.25. The van der Waals surface area contributed by atoms with Crippen LogP contribution in [-0.4, -0.2) is 40.2 Å². The van der Waals surface area contributed by atoms with Crippen LogP contribution in [0, 0.1) is 6.92 Å². The molecule has 1 aliphatic rings. The molecule has 1 amide bonds. The molecule has 2 aromatic carbocycles. The fourth-order valence-electron chi connectivity index (χ4n) is 3.43. The monoisotopic (exact) mass is 421 g/mol. The van der Waals surface area contributed by atoms with E-state index in [4.69, 9.17) is 9.18 Å². The Morgan fingerprint density at radius 3 is 2.77 bits per heavy atom. The average molecular weight is 421 g/mol. The summed E-state index contributed by atoms with van der Waals surface area (Å²) in [5.74, 6) is -0.800. The molecule has 0 aliphatic carbocycles. The zero-order chi connectivity index (χ0) is 22.0. The van der Waals surface area contributed by atoms with E-state index in [0.29, 0.717) is 29.2 Å². The molecule has 158 valence electrons. The number of rotatable bonds is 6. The molecular formula is C21H20BN3O6. The van der Waals surface area contributed by atoms with Gasteiger partial charge in [-0.2, -0.15) is 0 Å². The van der Waals surface area contributed by atoms with Crippen LogP contribution < -0.4 is 15.3 Å². The number of aromatic carboxylic acids is 1. The van der Waals surface area contributed by atoms with Gasteiger partial charge in [-0.05, 0) is 42.7 Å². The van der Waals surface area contributed by atoms with Crippen molar-refractivity contribution in [3.05, 3.63) is 76.5 Å². The molecule has 4 rings (SSSR count). The minimum Gasteiger partial charge on any atom is -0.534 e. The summed E-state index contributed by atoms with van der Waals surface area (Å²) in [6.07, 6.45) is 0.246. The van der Waals surface area contributed by atoms with E-state index in [0.717, 1.165) is 5.56 Å². The van der Waals surface area contributed by atoms with Crippen molar-refractivity contribution >= 4 is 24.8 Å². The van der Waals surface area contributed by atoms with Gasteiger partial charge in [0.1, 0.15) is 11.5 Å². The lowest BCUT2D eigenvalue weighted by atomic mass is 9.72. The third kappa shape index (κ3) is 4.54. The maximum Gasteiger partial charge on any atom is 0.547 e. The third-order valence-corrected chi connectivity index (χ3v) is 4.96. The first-order valence-corrected chi connectivity index (χ1v) is 9.67. The summed E-state index contributed by atoms with van der Waals surface area (Å²) in [5.41, 5.74) is 1.87. The van der Waals surface area contributed by atoms with E-state index in [2.05, 4.69) is 15.8 Å². The topological polar surface area (TPSA) is 134 Å². The molecule has 0 radical (unpaired) electrons. The summed E-state index contributed by atoms with van der Waals surface area (Å²) in [7, 11) is -1.36. The van der Waals surface area contributed by atoms with E-state index >= 15 is 0 Å². The molecule has 4 N–H and O–H groups in total. The van der Waals surface area contributed by atoms with Crippen LogP contribution in [0.2, 0.25) is 0 Å². The second kappa shape index (κ2) is 8.53. The maximum absolute atomic E-state index is 12.8. The largest absolute Gasteiger partial charge is 0.547 e. The number of carbonyl (C=O) groups excluding carboxylic acids is 1. The average Bonchev–Trinajstić information content (AvgIpc) is 3.17. The number of para-hydroxylation sites is 1. The zero-order valence-electron chi connectivity index (χ0n) is 16.7. The van der Waals surface area contributed by atoms with E-state index in [1.165, 1.54) is 6.07 Å². The Morgan fingerprint density at radius 2 is 2.03 bits per heavy atom. The molecule has 2 heterocycles. The Kier molecular flexibility index (Phi) is 5.63.